The monoisotopic (exact) mass is 324 g/mol. The first-order chi connectivity index (χ1) is 10.5. The van der Waals surface area contributed by atoms with Gasteiger partial charge in [0.1, 0.15) is 5.69 Å². The van der Waals surface area contributed by atoms with Gasteiger partial charge in [-0.05, 0) is 31.6 Å². The Labute approximate surface area is 135 Å². The highest BCUT2D eigenvalue weighted by Gasteiger charge is 2.29. The lowest BCUT2D eigenvalue weighted by molar-refractivity contribution is -0.137. The van der Waals surface area contributed by atoms with Gasteiger partial charge < -0.3 is 10.0 Å². The number of thiazole rings is 1. The average molecular weight is 324 g/mol. The van der Waals surface area contributed by atoms with E-state index in [0.717, 1.165) is 30.7 Å². The van der Waals surface area contributed by atoms with E-state index in [-0.39, 0.29) is 18.4 Å². The number of carboxylic acid groups (broad SMARTS) is 1. The first-order valence-electron chi connectivity index (χ1n) is 7.94. The number of likely N-dealkylation sites (tertiary alicyclic amines) is 1. The van der Waals surface area contributed by atoms with Crippen molar-refractivity contribution in [2.75, 3.05) is 6.54 Å². The van der Waals surface area contributed by atoms with Gasteiger partial charge in [-0.2, -0.15) is 0 Å². The van der Waals surface area contributed by atoms with Crippen molar-refractivity contribution in [3.05, 3.63) is 16.1 Å². The van der Waals surface area contributed by atoms with Gasteiger partial charge >= 0.3 is 5.97 Å². The predicted octanol–water partition coefficient (Wildman–Crippen LogP) is 3.20. The maximum absolute atomic E-state index is 12.7. The fourth-order valence-electron chi connectivity index (χ4n) is 2.86. The zero-order chi connectivity index (χ0) is 16.1. The molecule has 1 aromatic heterocycles. The number of aromatic nitrogens is 1. The van der Waals surface area contributed by atoms with Crippen molar-refractivity contribution >= 4 is 23.2 Å². The lowest BCUT2D eigenvalue weighted by Crippen LogP contribution is -2.44. The lowest BCUT2D eigenvalue weighted by atomic mass is 9.97. The van der Waals surface area contributed by atoms with E-state index in [9.17, 15) is 9.59 Å². The summed E-state index contributed by atoms with van der Waals surface area (Å²) < 4.78 is 0. The number of carbonyl (C=O) groups is 2. The fraction of sp³-hybridized carbons (Fsp3) is 0.688. The van der Waals surface area contributed by atoms with Crippen LogP contribution in [0, 0.1) is 5.92 Å². The lowest BCUT2D eigenvalue weighted by Gasteiger charge is -2.35. The molecule has 0 bridgehead atoms. The summed E-state index contributed by atoms with van der Waals surface area (Å²) >= 11 is 1.54. The topological polar surface area (TPSA) is 70.5 Å². The zero-order valence-electron chi connectivity index (χ0n) is 13.2. The molecule has 1 aliphatic heterocycles. The van der Waals surface area contributed by atoms with E-state index in [0.29, 0.717) is 24.6 Å². The van der Waals surface area contributed by atoms with Crippen molar-refractivity contribution in [2.45, 2.75) is 58.4 Å². The number of piperidine rings is 1. The molecular weight excluding hydrogens is 300 g/mol. The molecule has 1 saturated heterocycles. The summed E-state index contributed by atoms with van der Waals surface area (Å²) in [7, 11) is 0. The summed E-state index contributed by atoms with van der Waals surface area (Å²) in [6.45, 7) is 4.98. The number of hydrogen-bond acceptors (Lipinski definition) is 4. The fourth-order valence-corrected chi connectivity index (χ4v) is 3.84. The van der Waals surface area contributed by atoms with E-state index in [1.807, 2.05) is 10.3 Å². The largest absolute Gasteiger partial charge is 0.481 e. The Kier molecular flexibility index (Phi) is 5.94. The van der Waals surface area contributed by atoms with Crippen LogP contribution in [0.15, 0.2) is 5.38 Å². The van der Waals surface area contributed by atoms with E-state index in [2.05, 4.69) is 18.8 Å². The van der Waals surface area contributed by atoms with Gasteiger partial charge in [0.25, 0.3) is 5.91 Å². The summed E-state index contributed by atoms with van der Waals surface area (Å²) in [5.41, 5.74) is 0.517. The second kappa shape index (κ2) is 7.72. The third-order valence-corrected chi connectivity index (χ3v) is 4.80. The molecule has 2 rings (SSSR count). The number of nitrogens with zero attached hydrogens (tertiary/aromatic N) is 2. The third-order valence-electron chi connectivity index (χ3n) is 3.93. The first kappa shape index (κ1) is 16.9. The van der Waals surface area contributed by atoms with Crippen LogP contribution in [0.5, 0.6) is 0 Å². The quantitative estimate of drug-likeness (QED) is 0.872. The van der Waals surface area contributed by atoms with Crippen molar-refractivity contribution in [1.82, 2.24) is 9.88 Å². The molecule has 1 fully saturated rings. The van der Waals surface area contributed by atoms with Gasteiger partial charge in [0, 0.05) is 30.8 Å². The normalized spacial score (nSPS) is 18.7. The highest BCUT2D eigenvalue weighted by molar-refractivity contribution is 7.09. The van der Waals surface area contributed by atoms with Crippen LogP contribution in [0.25, 0.3) is 0 Å². The SMILES string of the molecule is CC(C)Cc1nc(C(=O)N2CCCCC2CCC(=O)O)cs1. The molecule has 1 aliphatic rings. The van der Waals surface area contributed by atoms with E-state index in [4.69, 9.17) is 5.11 Å². The minimum atomic E-state index is -0.800. The van der Waals surface area contributed by atoms with Crippen LogP contribution in [0.4, 0.5) is 0 Å². The third kappa shape index (κ3) is 4.53. The summed E-state index contributed by atoms with van der Waals surface area (Å²) in [4.78, 5) is 29.8. The summed E-state index contributed by atoms with van der Waals surface area (Å²) in [6.07, 6.45) is 4.47. The number of carboxylic acids is 1. The molecule has 0 aliphatic carbocycles. The van der Waals surface area contributed by atoms with Crippen molar-refractivity contribution < 1.29 is 14.7 Å². The van der Waals surface area contributed by atoms with Gasteiger partial charge in [0.15, 0.2) is 0 Å². The Balaban J connectivity index is 2.04. The van der Waals surface area contributed by atoms with Crippen LogP contribution in [0.3, 0.4) is 0 Å². The molecule has 0 saturated carbocycles. The molecule has 122 valence electrons. The Morgan fingerprint density at radius 2 is 2.23 bits per heavy atom. The first-order valence-corrected chi connectivity index (χ1v) is 8.82. The van der Waals surface area contributed by atoms with Gasteiger partial charge in [-0.25, -0.2) is 4.98 Å². The van der Waals surface area contributed by atoms with Crippen molar-refractivity contribution in [2.24, 2.45) is 5.92 Å². The smallest absolute Gasteiger partial charge is 0.303 e. The summed E-state index contributed by atoms with van der Waals surface area (Å²) in [5, 5.41) is 11.7. The number of amides is 1. The molecule has 22 heavy (non-hydrogen) atoms. The molecular formula is C16H24N2O3S. The highest BCUT2D eigenvalue weighted by atomic mass is 32.1. The maximum Gasteiger partial charge on any atom is 0.303 e. The van der Waals surface area contributed by atoms with Crippen LogP contribution in [0.1, 0.15) is 61.4 Å². The predicted molar refractivity (Wildman–Crippen MR) is 86.2 cm³/mol. The van der Waals surface area contributed by atoms with E-state index in [1.54, 1.807) is 0 Å². The molecule has 0 aromatic carbocycles. The summed E-state index contributed by atoms with van der Waals surface area (Å²) in [6, 6.07) is 0.0348. The molecule has 1 aromatic rings. The Morgan fingerprint density at radius 3 is 2.91 bits per heavy atom. The van der Waals surface area contributed by atoms with Gasteiger partial charge in [-0.15, -0.1) is 11.3 Å². The minimum absolute atomic E-state index is 0.0348. The van der Waals surface area contributed by atoms with Gasteiger partial charge in [0.2, 0.25) is 0 Å². The van der Waals surface area contributed by atoms with Crippen molar-refractivity contribution in [3.8, 4) is 0 Å². The Bertz CT molecular complexity index is 527. The second-order valence-electron chi connectivity index (χ2n) is 6.31. The maximum atomic E-state index is 12.7. The van der Waals surface area contributed by atoms with Gasteiger partial charge in [-0.1, -0.05) is 13.8 Å². The zero-order valence-corrected chi connectivity index (χ0v) is 14.1. The molecule has 2 heterocycles. The summed E-state index contributed by atoms with van der Waals surface area (Å²) in [5.74, 6) is -0.320. The molecule has 0 radical (unpaired) electrons. The number of aliphatic carboxylic acids is 1. The minimum Gasteiger partial charge on any atom is -0.481 e. The van der Waals surface area contributed by atoms with Crippen molar-refractivity contribution in [1.29, 1.82) is 0 Å². The molecule has 1 amide bonds. The molecule has 1 unspecified atom stereocenters. The molecule has 6 heteroatoms. The second-order valence-corrected chi connectivity index (χ2v) is 7.25. The van der Waals surface area contributed by atoms with Gasteiger partial charge in [0.05, 0.1) is 5.01 Å². The van der Waals surface area contributed by atoms with Crippen LogP contribution in [-0.4, -0.2) is 39.5 Å². The Morgan fingerprint density at radius 1 is 1.45 bits per heavy atom. The average Bonchev–Trinajstić information content (AvgIpc) is 2.92. The standard InChI is InChI=1S/C16H24N2O3S/c1-11(2)9-14-17-13(10-22-14)16(21)18-8-4-3-5-12(18)6-7-15(19)20/h10-12H,3-9H2,1-2H3,(H,19,20). The molecule has 5 nitrogen and oxygen atoms in total. The number of hydrogen-bond donors (Lipinski definition) is 1. The number of carbonyl (C=O) groups excluding carboxylic acids is 1. The molecule has 1 atom stereocenters. The number of rotatable bonds is 6. The molecule has 0 spiro atoms. The molecule has 1 N–H and O–H groups in total. The van der Waals surface area contributed by atoms with E-state index < -0.39 is 5.97 Å². The Hall–Kier alpha value is -1.43. The van der Waals surface area contributed by atoms with Crippen molar-refractivity contribution in [3.63, 3.8) is 0 Å². The van der Waals surface area contributed by atoms with Crippen LogP contribution in [0.2, 0.25) is 0 Å². The highest BCUT2D eigenvalue weighted by Crippen LogP contribution is 2.24. The van der Waals surface area contributed by atoms with Crippen LogP contribution < -0.4 is 0 Å². The van der Waals surface area contributed by atoms with E-state index >= 15 is 0 Å². The van der Waals surface area contributed by atoms with E-state index in [1.165, 1.54) is 11.3 Å². The van der Waals surface area contributed by atoms with Gasteiger partial charge in [-0.3, -0.25) is 9.59 Å². The van der Waals surface area contributed by atoms with Crippen LogP contribution in [-0.2, 0) is 11.2 Å². The van der Waals surface area contributed by atoms with Crippen LogP contribution >= 0.6 is 11.3 Å².